The van der Waals surface area contributed by atoms with E-state index in [1.807, 2.05) is 0 Å². The van der Waals surface area contributed by atoms with E-state index in [2.05, 4.69) is 5.32 Å². The number of nitrogens with one attached hydrogen (secondary N) is 1. The molecule has 1 amide bonds. The first-order valence-corrected chi connectivity index (χ1v) is 16.1. The molecule has 14 heteroatoms. The van der Waals surface area contributed by atoms with Crippen LogP contribution in [-0.2, 0) is 16.0 Å². The quantitative estimate of drug-likeness (QED) is 0.113. The maximum atomic E-state index is 15.0. The molecule has 1 heterocycles. The number of hydrogen-bond donors (Lipinski definition) is 1. The molecule has 0 fully saturated rings. The van der Waals surface area contributed by atoms with Crippen molar-refractivity contribution in [3.63, 3.8) is 0 Å². The van der Waals surface area contributed by atoms with Crippen LogP contribution in [0, 0.1) is 5.82 Å². The SMILES string of the molecule is COc1cc(OC)c2c(c1)O[C@H](c1cc(OC)c(OC)c(OC)c1)[C@H](OC(=O)c1ccc(F)c(NC(=O)/C=C/c3cc(OC)c(OC)c(OC)c3)c1)C2. The highest BCUT2D eigenvalue weighted by Gasteiger charge is 2.38. The van der Waals surface area contributed by atoms with Gasteiger partial charge in [0.2, 0.25) is 17.4 Å². The van der Waals surface area contributed by atoms with Crippen LogP contribution in [0.15, 0.2) is 60.7 Å². The second-order valence-corrected chi connectivity index (χ2v) is 11.4. The van der Waals surface area contributed by atoms with Crippen molar-refractivity contribution in [2.24, 2.45) is 0 Å². The number of amides is 1. The predicted octanol–water partition coefficient (Wildman–Crippen LogP) is 6.45. The highest BCUT2D eigenvalue weighted by Crippen LogP contribution is 2.47. The summed E-state index contributed by atoms with van der Waals surface area (Å²) in [6, 6.07) is 13.6. The van der Waals surface area contributed by atoms with Crippen LogP contribution in [0.5, 0.6) is 51.7 Å². The summed E-state index contributed by atoms with van der Waals surface area (Å²) >= 11 is 0. The van der Waals surface area contributed by atoms with Gasteiger partial charge in [-0.05, 0) is 54.1 Å². The van der Waals surface area contributed by atoms with Gasteiger partial charge in [0.25, 0.3) is 0 Å². The number of hydrogen-bond acceptors (Lipinski definition) is 12. The maximum absolute atomic E-state index is 15.0. The number of fused-ring (bicyclic) bond motifs is 1. The molecule has 0 unspecified atom stereocenters. The molecule has 4 aromatic carbocycles. The number of halogens is 1. The average molecular weight is 734 g/mol. The number of rotatable bonds is 14. The molecule has 1 N–H and O–H groups in total. The van der Waals surface area contributed by atoms with Crippen LogP contribution < -0.4 is 47.9 Å². The lowest BCUT2D eigenvalue weighted by atomic mass is 9.93. The lowest BCUT2D eigenvalue weighted by Gasteiger charge is -2.34. The molecule has 13 nitrogen and oxygen atoms in total. The Morgan fingerprint density at radius 3 is 1.85 bits per heavy atom. The molecule has 0 aliphatic carbocycles. The zero-order valence-electron chi connectivity index (χ0n) is 30.5. The van der Waals surface area contributed by atoms with Gasteiger partial charge in [-0.25, -0.2) is 9.18 Å². The summed E-state index contributed by atoms with van der Waals surface area (Å²) in [5.41, 5.74) is 1.49. The van der Waals surface area contributed by atoms with E-state index in [0.29, 0.717) is 68.4 Å². The molecule has 0 saturated heterocycles. The Morgan fingerprint density at radius 2 is 1.30 bits per heavy atom. The fourth-order valence-electron chi connectivity index (χ4n) is 5.87. The van der Waals surface area contributed by atoms with E-state index < -0.39 is 29.9 Å². The summed E-state index contributed by atoms with van der Waals surface area (Å²) in [4.78, 5) is 26.7. The molecule has 1 aliphatic rings. The molecule has 0 radical (unpaired) electrons. The van der Waals surface area contributed by atoms with Crippen molar-refractivity contribution >= 4 is 23.6 Å². The van der Waals surface area contributed by atoms with Gasteiger partial charge in [-0.1, -0.05) is 0 Å². The van der Waals surface area contributed by atoms with Crippen molar-refractivity contribution in [1.29, 1.82) is 0 Å². The lowest BCUT2D eigenvalue weighted by molar-refractivity contribution is -0.111. The van der Waals surface area contributed by atoms with Crippen molar-refractivity contribution in [3.05, 3.63) is 88.7 Å². The molecular formula is C39H40FNO12. The Bertz CT molecular complexity index is 1960. The monoisotopic (exact) mass is 733 g/mol. The first-order chi connectivity index (χ1) is 25.6. The van der Waals surface area contributed by atoms with Crippen LogP contribution in [0.3, 0.4) is 0 Å². The van der Waals surface area contributed by atoms with Crippen LogP contribution in [0.1, 0.15) is 33.2 Å². The summed E-state index contributed by atoms with van der Waals surface area (Å²) in [6.45, 7) is 0. The fraction of sp³-hybridized carbons (Fsp3) is 0.282. The number of carbonyl (C=O) groups is 2. The highest BCUT2D eigenvalue weighted by molar-refractivity contribution is 6.03. The number of anilines is 1. The summed E-state index contributed by atoms with van der Waals surface area (Å²) in [7, 11) is 11.9. The second kappa shape index (κ2) is 16.8. The minimum atomic E-state index is -0.926. The van der Waals surface area contributed by atoms with Crippen molar-refractivity contribution in [2.45, 2.75) is 18.6 Å². The summed E-state index contributed by atoms with van der Waals surface area (Å²) in [5.74, 6) is 1.47. The van der Waals surface area contributed by atoms with Gasteiger partial charge < -0.3 is 52.7 Å². The zero-order chi connectivity index (χ0) is 38.2. The summed E-state index contributed by atoms with van der Waals surface area (Å²) in [5, 5.41) is 2.48. The van der Waals surface area contributed by atoms with Gasteiger partial charge in [-0.2, -0.15) is 0 Å². The molecule has 53 heavy (non-hydrogen) atoms. The highest BCUT2D eigenvalue weighted by atomic mass is 19.1. The Balaban J connectivity index is 1.43. The normalized spacial score (nSPS) is 14.7. The molecule has 4 aromatic rings. The number of methoxy groups -OCH3 is 8. The third-order valence-electron chi connectivity index (χ3n) is 8.44. The van der Waals surface area contributed by atoms with Crippen molar-refractivity contribution < 1.29 is 61.3 Å². The van der Waals surface area contributed by atoms with Crippen LogP contribution >= 0.6 is 0 Å². The molecule has 2 atom stereocenters. The molecule has 0 aromatic heterocycles. The molecule has 0 saturated carbocycles. The number of ether oxygens (including phenoxy) is 10. The van der Waals surface area contributed by atoms with Crippen LogP contribution in [0.25, 0.3) is 6.08 Å². The molecular weight excluding hydrogens is 693 g/mol. The van der Waals surface area contributed by atoms with Crippen molar-refractivity contribution in [3.8, 4) is 51.7 Å². The van der Waals surface area contributed by atoms with Gasteiger partial charge in [-0.3, -0.25) is 4.79 Å². The first-order valence-electron chi connectivity index (χ1n) is 16.1. The van der Waals surface area contributed by atoms with Gasteiger partial charge in [0, 0.05) is 35.8 Å². The van der Waals surface area contributed by atoms with Crippen LogP contribution in [0.2, 0.25) is 0 Å². The van der Waals surface area contributed by atoms with Gasteiger partial charge >= 0.3 is 5.97 Å². The maximum Gasteiger partial charge on any atom is 0.338 e. The summed E-state index contributed by atoms with van der Waals surface area (Å²) < 4.78 is 71.3. The van der Waals surface area contributed by atoms with E-state index in [-0.39, 0.29) is 17.7 Å². The Hall–Kier alpha value is -6.31. The van der Waals surface area contributed by atoms with Crippen molar-refractivity contribution in [1.82, 2.24) is 0 Å². The zero-order valence-corrected chi connectivity index (χ0v) is 30.5. The van der Waals surface area contributed by atoms with Gasteiger partial charge in [0.15, 0.2) is 29.1 Å². The number of carbonyl (C=O) groups excluding carboxylic acids is 2. The third-order valence-corrected chi connectivity index (χ3v) is 8.44. The minimum absolute atomic E-state index is 0.0218. The van der Waals surface area contributed by atoms with Gasteiger partial charge in [0.05, 0.1) is 68.1 Å². The van der Waals surface area contributed by atoms with E-state index in [4.69, 9.17) is 47.4 Å². The lowest BCUT2D eigenvalue weighted by Crippen LogP contribution is -2.35. The van der Waals surface area contributed by atoms with E-state index in [9.17, 15) is 14.0 Å². The molecule has 1 aliphatic heterocycles. The first kappa shape index (κ1) is 37.9. The van der Waals surface area contributed by atoms with E-state index in [1.165, 1.54) is 81.2 Å². The van der Waals surface area contributed by atoms with E-state index in [1.54, 1.807) is 36.4 Å². The Morgan fingerprint density at radius 1 is 0.717 bits per heavy atom. The molecule has 280 valence electrons. The summed E-state index contributed by atoms with van der Waals surface area (Å²) in [6.07, 6.45) is 1.06. The second-order valence-electron chi connectivity index (χ2n) is 11.4. The smallest absolute Gasteiger partial charge is 0.338 e. The third kappa shape index (κ3) is 8.11. The Labute approximate surface area is 306 Å². The van der Waals surface area contributed by atoms with E-state index in [0.717, 1.165) is 6.07 Å². The number of benzene rings is 4. The standard InChI is InChI=1S/C39H40FNO12/c1-44-24-18-28(45-2)25-20-34(36(52-29(25)19-24)23-16-32(48-5)38(51-8)33(17-23)49-6)53-39(43)22-10-11-26(40)27(15-22)41-35(42)12-9-21-13-30(46-3)37(50-7)31(14-21)47-4/h9-19,34,36H,20H2,1-8H3,(H,41,42)/b12-9+/t34-,36-/m1/s1. The molecule has 0 bridgehead atoms. The van der Waals surface area contributed by atoms with Crippen LogP contribution in [0.4, 0.5) is 10.1 Å². The number of esters is 1. The van der Waals surface area contributed by atoms with Gasteiger partial charge in [-0.15, -0.1) is 0 Å². The molecule has 5 rings (SSSR count). The van der Waals surface area contributed by atoms with Gasteiger partial charge in [0.1, 0.15) is 29.2 Å². The van der Waals surface area contributed by atoms with Crippen molar-refractivity contribution in [2.75, 3.05) is 62.2 Å². The van der Waals surface area contributed by atoms with Crippen LogP contribution in [-0.4, -0.2) is 74.9 Å². The van der Waals surface area contributed by atoms with E-state index >= 15 is 0 Å². The largest absolute Gasteiger partial charge is 0.496 e. The Kier molecular flexibility index (Phi) is 12.0. The topological polar surface area (TPSA) is 138 Å². The predicted molar refractivity (Wildman–Crippen MR) is 192 cm³/mol. The minimum Gasteiger partial charge on any atom is -0.496 e. The fourth-order valence-corrected chi connectivity index (χ4v) is 5.87. The molecule has 0 spiro atoms. The average Bonchev–Trinajstić information content (AvgIpc) is 3.18.